The Balaban J connectivity index is 1.91. The number of methoxy groups -OCH3 is 1. The van der Waals surface area contributed by atoms with Crippen LogP contribution in [0.3, 0.4) is 0 Å². The molecule has 2 heterocycles. The number of furan rings is 1. The van der Waals surface area contributed by atoms with Crippen molar-refractivity contribution < 1.29 is 23.8 Å². The van der Waals surface area contributed by atoms with Gasteiger partial charge in [-0.25, -0.2) is 9.59 Å². The first-order valence-electron chi connectivity index (χ1n) is 6.42. The zero-order valence-electron chi connectivity index (χ0n) is 11.2. The highest BCUT2D eigenvalue weighted by molar-refractivity contribution is 5.83. The Hall–Kier alpha value is -2.02. The minimum absolute atomic E-state index is 0.0258. The zero-order chi connectivity index (χ0) is 14.5. The predicted octanol–water partition coefficient (Wildman–Crippen LogP) is 0.706. The average molecular weight is 282 g/mol. The van der Waals surface area contributed by atoms with Gasteiger partial charge >= 0.3 is 12.0 Å². The maximum absolute atomic E-state index is 12.0. The van der Waals surface area contributed by atoms with Crippen molar-refractivity contribution in [3.8, 4) is 0 Å². The van der Waals surface area contributed by atoms with Crippen LogP contribution in [0.25, 0.3) is 0 Å². The van der Waals surface area contributed by atoms with E-state index in [4.69, 9.17) is 9.15 Å². The molecule has 0 bridgehead atoms. The van der Waals surface area contributed by atoms with E-state index in [0.29, 0.717) is 13.1 Å². The summed E-state index contributed by atoms with van der Waals surface area (Å²) in [4.78, 5) is 24.8. The van der Waals surface area contributed by atoms with Gasteiger partial charge in [0.25, 0.3) is 0 Å². The molecule has 1 aliphatic rings. The molecule has 2 rings (SSSR count). The van der Waals surface area contributed by atoms with Crippen LogP contribution < -0.4 is 5.32 Å². The van der Waals surface area contributed by atoms with Crippen LogP contribution in [0.5, 0.6) is 0 Å². The molecule has 1 aromatic heterocycles. The Bertz CT molecular complexity index is 459. The van der Waals surface area contributed by atoms with Crippen molar-refractivity contribution in [2.45, 2.75) is 25.0 Å². The molecule has 0 aliphatic carbocycles. The quantitative estimate of drug-likeness (QED) is 0.829. The van der Waals surface area contributed by atoms with Crippen molar-refractivity contribution in [3.05, 3.63) is 24.2 Å². The van der Waals surface area contributed by atoms with Crippen molar-refractivity contribution in [3.63, 3.8) is 0 Å². The van der Waals surface area contributed by atoms with E-state index in [2.05, 4.69) is 5.32 Å². The molecule has 2 amide bonds. The summed E-state index contributed by atoms with van der Waals surface area (Å²) >= 11 is 0. The highest BCUT2D eigenvalue weighted by Gasteiger charge is 2.29. The normalized spacial score (nSPS) is 19.9. The van der Waals surface area contributed by atoms with Crippen LogP contribution in [-0.2, 0) is 16.0 Å². The van der Waals surface area contributed by atoms with E-state index < -0.39 is 12.0 Å². The van der Waals surface area contributed by atoms with Gasteiger partial charge < -0.3 is 24.5 Å². The minimum atomic E-state index is -1.07. The minimum Gasteiger partial charge on any atom is -0.480 e. The standard InChI is InChI=1S/C13H18N2O5/c1-19-10-2-4-15(7-10)13(18)14-11(12(16)17)6-9-3-5-20-8-9/h3,5,8,10-11H,2,4,6-7H2,1H3,(H,14,18)(H,16,17)/t10-,11?/m0/s1. The Morgan fingerprint density at radius 2 is 2.45 bits per heavy atom. The Labute approximate surface area is 116 Å². The zero-order valence-corrected chi connectivity index (χ0v) is 11.2. The van der Waals surface area contributed by atoms with Crippen LogP contribution in [0.2, 0.25) is 0 Å². The van der Waals surface area contributed by atoms with Crippen LogP contribution in [0.15, 0.2) is 23.0 Å². The van der Waals surface area contributed by atoms with E-state index in [1.165, 1.54) is 12.5 Å². The number of carbonyl (C=O) groups excluding carboxylic acids is 1. The van der Waals surface area contributed by atoms with Crippen LogP contribution >= 0.6 is 0 Å². The molecule has 2 N–H and O–H groups in total. The van der Waals surface area contributed by atoms with E-state index >= 15 is 0 Å². The number of hydrogen-bond donors (Lipinski definition) is 2. The Morgan fingerprint density at radius 3 is 3.00 bits per heavy atom. The fraction of sp³-hybridized carbons (Fsp3) is 0.538. The van der Waals surface area contributed by atoms with E-state index in [9.17, 15) is 14.7 Å². The van der Waals surface area contributed by atoms with Gasteiger partial charge in [-0.1, -0.05) is 0 Å². The number of aliphatic carboxylic acids is 1. The summed E-state index contributed by atoms with van der Waals surface area (Å²) < 4.78 is 10.1. The van der Waals surface area contributed by atoms with Crippen molar-refractivity contribution in [1.82, 2.24) is 10.2 Å². The molecule has 0 saturated carbocycles. The third-order valence-corrected chi connectivity index (χ3v) is 3.38. The second-order valence-corrected chi connectivity index (χ2v) is 4.77. The second kappa shape index (κ2) is 6.42. The molecule has 1 saturated heterocycles. The summed E-state index contributed by atoms with van der Waals surface area (Å²) in [5.41, 5.74) is 0.730. The third kappa shape index (κ3) is 3.51. The van der Waals surface area contributed by atoms with Crippen LogP contribution in [0, 0.1) is 0 Å². The molecule has 1 unspecified atom stereocenters. The lowest BCUT2D eigenvalue weighted by atomic mass is 10.1. The molecule has 1 aliphatic heterocycles. The van der Waals surface area contributed by atoms with Crippen LogP contribution in [0.4, 0.5) is 4.79 Å². The van der Waals surface area contributed by atoms with Gasteiger partial charge in [0, 0.05) is 26.6 Å². The summed E-state index contributed by atoms with van der Waals surface area (Å²) in [6.45, 7) is 1.06. The van der Waals surface area contributed by atoms with Crippen molar-refractivity contribution >= 4 is 12.0 Å². The highest BCUT2D eigenvalue weighted by Crippen LogP contribution is 2.12. The van der Waals surface area contributed by atoms with E-state index in [0.717, 1.165) is 12.0 Å². The fourth-order valence-corrected chi connectivity index (χ4v) is 2.19. The van der Waals surface area contributed by atoms with Crippen LogP contribution in [0.1, 0.15) is 12.0 Å². The molecule has 2 atom stereocenters. The lowest BCUT2D eigenvalue weighted by Gasteiger charge is -2.20. The molecule has 1 fully saturated rings. The SMILES string of the molecule is CO[C@H]1CCN(C(=O)NC(Cc2ccoc2)C(=O)O)C1. The average Bonchev–Trinajstić information content (AvgIpc) is 3.08. The van der Waals surface area contributed by atoms with Crippen LogP contribution in [-0.4, -0.2) is 54.4 Å². The summed E-state index contributed by atoms with van der Waals surface area (Å²) in [7, 11) is 1.60. The van der Waals surface area contributed by atoms with Crippen molar-refractivity contribution in [2.75, 3.05) is 20.2 Å². The fourth-order valence-electron chi connectivity index (χ4n) is 2.19. The number of nitrogens with one attached hydrogen (secondary N) is 1. The molecular weight excluding hydrogens is 264 g/mol. The highest BCUT2D eigenvalue weighted by atomic mass is 16.5. The van der Waals surface area contributed by atoms with E-state index in [1.54, 1.807) is 18.1 Å². The predicted molar refractivity (Wildman–Crippen MR) is 69.4 cm³/mol. The molecule has 7 heteroatoms. The van der Waals surface area contributed by atoms with Gasteiger partial charge in [0.2, 0.25) is 0 Å². The van der Waals surface area contributed by atoms with Gasteiger partial charge in [-0.05, 0) is 18.1 Å². The number of ether oxygens (including phenoxy) is 1. The number of rotatable bonds is 5. The topological polar surface area (TPSA) is 92.0 Å². The number of carboxylic acids is 1. The number of likely N-dealkylation sites (tertiary alicyclic amines) is 1. The smallest absolute Gasteiger partial charge is 0.326 e. The number of hydrogen-bond acceptors (Lipinski definition) is 4. The molecule has 0 spiro atoms. The number of carbonyl (C=O) groups is 2. The van der Waals surface area contributed by atoms with Gasteiger partial charge in [0.1, 0.15) is 6.04 Å². The summed E-state index contributed by atoms with van der Waals surface area (Å²) in [6, 6.07) is 0.334. The largest absolute Gasteiger partial charge is 0.480 e. The van der Waals surface area contributed by atoms with Crippen molar-refractivity contribution in [1.29, 1.82) is 0 Å². The monoisotopic (exact) mass is 282 g/mol. The summed E-state index contributed by atoms with van der Waals surface area (Å²) in [5.74, 6) is -1.07. The summed E-state index contributed by atoms with van der Waals surface area (Å²) in [6.07, 6.45) is 3.93. The Kier molecular flexibility index (Phi) is 4.62. The second-order valence-electron chi connectivity index (χ2n) is 4.77. The van der Waals surface area contributed by atoms with Gasteiger partial charge in [-0.3, -0.25) is 0 Å². The number of nitrogens with zero attached hydrogens (tertiary/aromatic N) is 1. The summed E-state index contributed by atoms with van der Waals surface area (Å²) in [5, 5.41) is 11.7. The molecule has 20 heavy (non-hydrogen) atoms. The first-order chi connectivity index (χ1) is 9.60. The first-order valence-corrected chi connectivity index (χ1v) is 6.42. The number of urea groups is 1. The third-order valence-electron chi connectivity index (χ3n) is 3.38. The van der Waals surface area contributed by atoms with Gasteiger partial charge in [0.15, 0.2) is 0 Å². The molecule has 1 aromatic rings. The van der Waals surface area contributed by atoms with Gasteiger partial charge in [0.05, 0.1) is 18.6 Å². The maximum atomic E-state index is 12.0. The van der Waals surface area contributed by atoms with Crippen molar-refractivity contribution in [2.24, 2.45) is 0 Å². The lowest BCUT2D eigenvalue weighted by molar-refractivity contribution is -0.139. The van der Waals surface area contributed by atoms with E-state index in [1.807, 2.05) is 0 Å². The number of amides is 2. The van der Waals surface area contributed by atoms with E-state index in [-0.39, 0.29) is 18.6 Å². The Morgan fingerprint density at radius 1 is 1.65 bits per heavy atom. The molecule has 0 aromatic carbocycles. The lowest BCUT2D eigenvalue weighted by Crippen LogP contribution is -2.48. The van der Waals surface area contributed by atoms with Gasteiger partial charge in [-0.15, -0.1) is 0 Å². The van der Waals surface area contributed by atoms with Gasteiger partial charge in [-0.2, -0.15) is 0 Å². The molecule has 7 nitrogen and oxygen atoms in total. The number of carboxylic acid groups (broad SMARTS) is 1. The first kappa shape index (κ1) is 14.4. The molecule has 0 radical (unpaired) electrons. The molecule has 110 valence electrons. The molecular formula is C13H18N2O5. The maximum Gasteiger partial charge on any atom is 0.326 e.